The van der Waals surface area contributed by atoms with Gasteiger partial charge in [0.2, 0.25) is 11.8 Å². The molecular formula is C21H18BrN5O3S. The lowest BCUT2D eigenvalue weighted by atomic mass is 10.2. The predicted molar refractivity (Wildman–Crippen MR) is 123 cm³/mol. The molecule has 0 atom stereocenters. The van der Waals surface area contributed by atoms with Gasteiger partial charge in [-0.25, -0.2) is 4.68 Å². The number of amides is 1. The maximum atomic E-state index is 12.9. The highest BCUT2D eigenvalue weighted by atomic mass is 79.9. The Morgan fingerprint density at radius 1 is 1.16 bits per heavy atom. The molecule has 0 aliphatic rings. The van der Waals surface area contributed by atoms with Crippen molar-refractivity contribution in [3.8, 4) is 17.1 Å². The van der Waals surface area contributed by atoms with Gasteiger partial charge in [0.1, 0.15) is 5.69 Å². The number of thioether (sulfide) groups is 1. The number of anilines is 1. The first-order chi connectivity index (χ1) is 14.9. The van der Waals surface area contributed by atoms with Gasteiger partial charge in [0.15, 0.2) is 0 Å². The minimum atomic E-state index is -0.335. The highest BCUT2D eigenvalue weighted by molar-refractivity contribution is 9.10. The highest BCUT2D eigenvalue weighted by Crippen LogP contribution is 2.25. The van der Waals surface area contributed by atoms with Crippen LogP contribution in [0.25, 0.3) is 17.1 Å². The summed E-state index contributed by atoms with van der Waals surface area (Å²) in [5.41, 5.74) is 2.11. The van der Waals surface area contributed by atoms with Crippen LogP contribution in [0.15, 0.2) is 73.5 Å². The molecule has 158 valence electrons. The average molecular weight is 500 g/mol. The molecule has 0 saturated carbocycles. The summed E-state index contributed by atoms with van der Waals surface area (Å²) in [7, 11) is 1.77. The standard InChI is InChI=1S/C21H18BrN5O3S/c1-13-18(20(29)27(26(13)2)16-9-4-3-5-10-16)23-17(28)12-31-21-25-24-19(30-21)14-7-6-8-15(22)11-14/h3-11H,12H2,1-2H3,(H,23,28). The first kappa shape index (κ1) is 21.1. The second-order valence-electron chi connectivity index (χ2n) is 6.66. The number of hydrogen-bond donors (Lipinski definition) is 1. The van der Waals surface area contributed by atoms with Crippen molar-refractivity contribution in [2.45, 2.75) is 12.1 Å². The van der Waals surface area contributed by atoms with Crippen LogP contribution < -0.4 is 10.9 Å². The van der Waals surface area contributed by atoms with Gasteiger partial charge in [0.05, 0.1) is 17.1 Å². The van der Waals surface area contributed by atoms with Crippen LogP contribution in [0.1, 0.15) is 5.69 Å². The molecule has 0 spiro atoms. The molecule has 10 heteroatoms. The van der Waals surface area contributed by atoms with Crippen molar-refractivity contribution in [1.82, 2.24) is 19.6 Å². The van der Waals surface area contributed by atoms with Crippen LogP contribution in [0.2, 0.25) is 0 Å². The first-order valence-corrected chi connectivity index (χ1v) is 11.1. The van der Waals surface area contributed by atoms with E-state index in [0.717, 1.165) is 27.5 Å². The summed E-state index contributed by atoms with van der Waals surface area (Å²) >= 11 is 4.51. The van der Waals surface area contributed by atoms with E-state index in [4.69, 9.17) is 4.42 Å². The molecule has 2 heterocycles. The number of halogens is 1. The average Bonchev–Trinajstić information content (AvgIpc) is 3.32. The third kappa shape index (κ3) is 4.49. The minimum Gasteiger partial charge on any atom is -0.411 e. The van der Waals surface area contributed by atoms with Crippen LogP contribution in [0.5, 0.6) is 0 Å². The molecule has 0 radical (unpaired) electrons. The van der Waals surface area contributed by atoms with Gasteiger partial charge >= 0.3 is 0 Å². The van der Waals surface area contributed by atoms with Gasteiger partial charge in [-0.2, -0.15) is 0 Å². The molecule has 0 saturated heterocycles. The monoisotopic (exact) mass is 499 g/mol. The van der Waals surface area contributed by atoms with Gasteiger partial charge in [0.25, 0.3) is 10.8 Å². The number of carbonyl (C=O) groups is 1. The summed E-state index contributed by atoms with van der Waals surface area (Å²) in [4.78, 5) is 25.4. The van der Waals surface area contributed by atoms with Crippen LogP contribution in [-0.4, -0.2) is 31.2 Å². The highest BCUT2D eigenvalue weighted by Gasteiger charge is 2.19. The van der Waals surface area contributed by atoms with Gasteiger partial charge in [-0.05, 0) is 37.3 Å². The summed E-state index contributed by atoms with van der Waals surface area (Å²) in [5, 5.41) is 11.0. The fourth-order valence-corrected chi connectivity index (χ4v) is 3.98. The quantitative estimate of drug-likeness (QED) is 0.402. The van der Waals surface area contributed by atoms with Gasteiger partial charge in [-0.15, -0.1) is 10.2 Å². The second kappa shape index (κ2) is 8.94. The van der Waals surface area contributed by atoms with Crippen LogP contribution in [0.3, 0.4) is 0 Å². The fourth-order valence-electron chi connectivity index (χ4n) is 3.02. The minimum absolute atomic E-state index is 0.0270. The largest absolute Gasteiger partial charge is 0.411 e. The Morgan fingerprint density at radius 2 is 1.94 bits per heavy atom. The van der Waals surface area contributed by atoms with Crippen LogP contribution >= 0.6 is 27.7 Å². The van der Waals surface area contributed by atoms with Gasteiger partial charge in [-0.3, -0.25) is 14.3 Å². The van der Waals surface area contributed by atoms with E-state index in [2.05, 4.69) is 31.4 Å². The Labute approximate surface area is 190 Å². The van der Waals surface area contributed by atoms with E-state index in [1.807, 2.05) is 54.6 Å². The molecule has 2 aromatic heterocycles. The molecule has 0 aliphatic heterocycles. The number of nitrogens with one attached hydrogen (secondary N) is 1. The molecule has 1 amide bonds. The Morgan fingerprint density at radius 3 is 2.68 bits per heavy atom. The Bertz CT molecular complexity index is 1300. The van der Waals surface area contributed by atoms with Crippen molar-refractivity contribution in [3.63, 3.8) is 0 Å². The zero-order valence-electron chi connectivity index (χ0n) is 16.7. The molecule has 2 aromatic carbocycles. The van der Waals surface area contributed by atoms with Crippen molar-refractivity contribution in [1.29, 1.82) is 0 Å². The van der Waals surface area contributed by atoms with E-state index in [-0.39, 0.29) is 28.1 Å². The number of hydrogen-bond acceptors (Lipinski definition) is 6. The molecule has 31 heavy (non-hydrogen) atoms. The third-order valence-electron chi connectivity index (χ3n) is 4.62. The van der Waals surface area contributed by atoms with Crippen molar-refractivity contribution < 1.29 is 9.21 Å². The molecule has 4 rings (SSSR count). The third-order valence-corrected chi connectivity index (χ3v) is 5.94. The summed E-state index contributed by atoms with van der Waals surface area (Å²) in [6, 6.07) is 16.7. The normalized spacial score (nSPS) is 10.9. The SMILES string of the molecule is Cc1c(NC(=O)CSc2nnc(-c3cccc(Br)c3)o2)c(=O)n(-c2ccccc2)n1C. The number of aromatic nitrogens is 4. The molecule has 0 fully saturated rings. The molecular weight excluding hydrogens is 482 g/mol. The van der Waals surface area contributed by atoms with E-state index in [1.54, 1.807) is 18.7 Å². The molecule has 0 bridgehead atoms. The maximum absolute atomic E-state index is 12.9. The summed E-state index contributed by atoms with van der Waals surface area (Å²) in [6.45, 7) is 1.78. The maximum Gasteiger partial charge on any atom is 0.295 e. The topological polar surface area (TPSA) is 95.0 Å². The smallest absolute Gasteiger partial charge is 0.295 e. The van der Waals surface area contributed by atoms with Crippen molar-refractivity contribution in [3.05, 3.63) is 75.1 Å². The second-order valence-corrected chi connectivity index (χ2v) is 8.50. The van der Waals surface area contributed by atoms with E-state index in [1.165, 1.54) is 4.68 Å². The zero-order chi connectivity index (χ0) is 22.0. The molecule has 4 aromatic rings. The van der Waals surface area contributed by atoms with Crippen LogP contribution in [0, 0.1) is 6.92 Å². The van der Waals surface area contributed by atoms with E-state index >= 15 is 0 Å². The number of benzene rings is 2. The van der Waals surface area contributed by atoms with E-state index in [0.29, 0.717) is 11.6 Å². The van der Waals surface area contributed by atoms with Crippen molar-refractivity contribution in [2.24, 2.45) is 7.05 Å². The van der Waals surface area contributed by atoms with E-state index in [9.17, 15) is 9.59 Å². The number of nitrogens with zero attached hydrogens (tertiary/aromatic N) is 4. The summed E-state index contributed by atoms with van der Waals surface area (Å²) in [5.74, 6) is 0.0613. The van der Waals surface area contributed by atoms with Crippen LogP contribution in [0.4, 0.5) is 5.69 Å². The molecule has 0 aliphatic carbocycles. The Balaban J connectivity index is 1.45. The van der Waals surface area contributed by atoms with Gasteiger partial charge in [0, 0.05) is 17.1 Å². The summed E-state index contributed by atoms with van der Waals surface area (Å²) < 4.78 is 9.75. The first-order valence-electron chi connectivity index (χ1n) is 9.30. The predicted octanol–water partition coefficient (Wildman–Crippen LogP) is 4.03. The van der Waals surface area contributed by atoms with Gasteiger partial charge < -0.3 is 9.73 Å². The fraction of sp³-hybridized carbons (Fsp3) is 0.143. The molecule has 0 unspecified atom stereocenters. The molecule has 8 nitrogen and oxygen atoms in total. The lowest BCUT2D eigenvalue weighted by molar-refractivity contribution is -0.113. The number of carbonyl (C=O) groups excluding carboxylic acids is 1. The van der Waals surface area contributed by atoms with Crippen LogP contribution in [-0.2, 0) is 11.8 Å². The number of para-hydroxylation sites is 1. The van der Waals surface area contributed by atoms with Crippen molar-refractivity contribution >= 4 is 39.3 Å². The molecule has 1 N–H and O–H groups in total. The Hall–Kier alpha value is -3.11. The number of rotatable bonds is 6. The van der Waals surface area contributed by atoms with E-state index < -0.39 is 0 Å². The van der Waals surface area contributed by atoms with Gasteiger partial charge in [-0.1, -0.05) is 52.0 Å². The van der Waals surface area contributed by atoms with Crippen molar-refractivity contribution in [2.75, 3.05) is 11.1 Å². The lowest BCUT2D eigenvalue weighted by Gasteiger charge is -2.07. The zero-order valence-corrected chi connectivity index (χ0v) is 19.1. The Kier molecular flexibility index (Phi) is 6.10. The lowest BCUT2D eigenvalue weighted by Crippen LogP contribution is -2.23. The summed E-state index contributed by atoms with van der Waals surface area (Å²) in [6.07, 6.45) is 0.